The van der Waals surface area contributed by atoms with Gasteiger partial charge in [0.1, 0.15) is 16.7 Å². The Kier molecular flexibility index (Phi) is 4.52. The second kappa shape index (κ2) is 8.19. The number of oxazole rings is 1. The van der Waals surface area contributed by atoms with Gasteiger partial charge in [-0.05, 0) is 52.2 Å². The van der Waals surface area contributed by atoms with E-state index in [0.717, 1.165) is 60.9 Å². The first kappa shape index (κ1) is 21.0. The van der Waals surface area contributed by atoms with Crippen molar-refractivity contribution in [2.24, 2.45) is 0 Å². The number of fused-ring (bicyclic) bond motifs is 5. The van der Waals surface area contributed by atoms with E-state index in [4.69, 9.17) is 13.8 Å². The smallest absolute Gasteiger partial charge is 0.227 e. The van der Waals surface area contributed by atoms with Crippen LogP contribution in [-0.2, 0) is 0 Å². The minimum atomic E-state index is 0.613. The van der Waals surface area contributed by atoms with Gasteiger partial charge in [0, 0.05) is 27.5 Å². The Morgan fingerprint density at radius 1 is 0.447 bits per heavy atom. The zero-order chi connectivity index (χ0) is 25.1. The van der Waals surface area contributed by atoms with E-state index >= 15 is 0 Å². The average molecular weight is 488 g/mol. The fourth-order valence-corrected chi connectivity index (χ4v) is 5.42. The van der Waals surface area contributed by atoms with Crippen LogP contribution in [0.25, 0.3) is 77.5 Å². The molecule has 0 aliphatic heterocycles. The van der Waals surface area contributed by atoms with Gasteiger partial charge in [-0.3, -0.25) is 0 Å². The first-order valence-electron chi connectivity index (χ1n) is 12.7. The molecule has 38 heavy (non-hydrogen) atoms. The summed E-state index contributed by atoms with van der Waals surface area (Å²) in [7, 11) is 0. The van der Waals surface area contributed by atoms with Crippen molar-refractivity contribution in [2.45, 2.75) is 0 Å². The van der Waals surface area contributed by atoms with Crippen molar-refractivity contribution in [1.29, 1.82) is 0 Å². The lowest BCUT2D eigenvalue weighted by molar-refractivity contribution is 0.621. The van der Waals surface area contributed by atoms with Crippen molar-refractivity contribution >= 4 is 43.8 Å². The molecule has 0 aliphatic carbocycles. The lowest BCUT2D eigenvalue weighted by Gasteiger charge is -2.05. The Balaban J connectivity index is 1.20. The van der Waals surface area contributed by atoms with E-state index in [0.29, 0.717) is 5.89 Å². The molecule has 0 aliphatic rings. The maximum atomic E-state index is 6.38. The van der Waals surface area contributed by atoms with E-state index in [1.807, 2.05) is 30.3 Å². The second-order valence-electron chi connectivity index (χ2n) is 9.59. The topological polar surface area (TPSA) is 39.2 Å². The fourth-order valence-electron chi connectivity index (χ4n) is 5.42. The van der Waals surface area contributed by atoms with E-state index in [1.54, 1.807) is 0 Å². The molecule has 0 unspecified atom stereocenters. The molecule has 8 aromatic rings. The van der Waals surface area contributed by atoms with E-state index < -0.39 is 0 Å². The molecule has 3 nitrogen and oxygen atoms in total. The summed E-state index contributed by atoms with van der Waals surface area (Å²) in [5, 5.41) is 4.69. The summed E-state index contributed by atoms with van der Waals surface area (Å²) in [5.41, 5.74) is 8.71. The predicted molar refractivity (Wildman–Crippen MR) is 155 cm³/mol. The van der Waals surface area contributed by atoms with Crippen molar-refractivity contribution in [3.05, 3.63) is 127 Å². The van der Waals surface area contributed by atoms with Crippen molar-refractivity contribution in [3.63, 3.8) is 0 Å². The van der Waals surface area contributed by atoms with Gasteiger partial charge in [-0.15, -0.1) is 0 Å². The average Bonchev–Trinajstić information content (AvgIpc) is 3.59. The van der Waals surface area contributed by atoms with Crippen LogP contribution in [0.5, 0.6) is 0 Å². The first-order chi connectivity index (χ1) is 18.8. The molecule has 0 amide bonds. The van der Waals surface area contributed by atoms with E-state index in [-0.39, 0.29) is 0 Å². The van der Waals surface area contributed by atoms with Crippen LogP contribution in [0.4, 0.5) is 0 Å². The van der Waals surface area contributed by atoms with Gasteiger partial charge in [0.25, 0.3) is 0 Å². The molecule has 8 rings (SSSR count). The Hall–Kier alpha value is -5.15. The van der Waals surface area contributed by atoms with Gasteiger partial charge >= 0.3 is 0 Å². The number of para-hydroxylation sites is 3. The van der Waals surface area contributed by atoms with Crippen LogP contribution in [0.1, 0.15) is 0 Å². The summed E-state index contributed by atoms with van der Waals surface area (Å²) in [6, 6.07) is 43.9. The lowest BCUT2D eigenvalue weighted by atomic mass is 10.0. The molecule has 0 radical (unpaired) electrons. The summed E-state index contributed by atoms with van der Waals surface area (Å²) in [4.78, 5) is 4.83. The normalized spacial score (nSPS) is 11.7. The van der Waals surface area contributed by atoms with Gasteiger partial charge < -0.3 is 8.83 Å². The van der Waals surface area contributed by atoms with Crippen LogP contribution in [0.3, 0.4) is 0 Å². The number of rotatable bonds is 3. The first-order valence-corrected chi connectivity index (χ1v) is 12.7. The minimum Gasteiger partial charge on any atom is -0.455 e. The highest BCUT2D eigenvalue weighted by molar-refractivity contribution is 6.09. The molecule has 0 fully saturated rings. The third-order valence-corrected chi connectivity index (χ3v) is 7.32. The van der Waals surface area contributed by atoms with E-state index in [1.165, 1.54) is 10.8 Å². The van der Waals surface area contributed by atoms with Crippen LogP contribution in [-0.4, -0.2) is 4.98 Å². The molecule has 0 spiro atoms. The fraction of sp³-hybridized carbons (Fsp3) is 0. The van der Waals surface area contributed by atoms with Crippen LogP contribution in [0.2, 0.25) is 0 Å². The molecule has 0 saturated heterocycles. The second-order valence-corrected chi connectivity index (χ2v) is 9.59. The molecular formula is C35H21NO2. The number of hydrogen-bond donors (Lipinski definition) is 0. The molecule has 178 valence electrons. The summed E-state index contributed by atoms with van der Waals surface area (Å²) < 4.78 is 12.6. The zero-order valence-corrected chi connectivity index (χ0v) is 20.4. The molecule has 0 bridgehead atoms. The van der Waals surface area contributed by atoms with Crippen LogP contribution >= 0.6 is 0 Å². The maximum Gasteiger partial charge on any atom is 0.227 e. The number of hydrogen-bond acceptors (Lipinski definition) is 3. The van der Waals surface area contributed by atoms with Crippen LogP contribution in [0, 0.1) is 0 Å². The quantitative estimate of drug-likeness (QED) is 0.249. The predicted octanol–water partition coefficient (Wildman–Crippen LogP) is 9.88. The molecule has 0 atom stereocenters. The number of benzene rings is 6. The largest absolute Gasteiger partial charge is 0.455 e. The lowest BCUT2D eigenvalue weighted by Crippen LogP contribution is -1.81. The summed E-state index contributed by atoms with van der Waals surface area (Å²) >= 11 is 0. The van der Waals surface area contributed by atoms with Gasteiger partial charge in [-0.1, -0.05) is 97.1 Å². The minimum absolute atomic E-state index is 0.613. The Bertz CT molecular complexity index is 2130. The van der Waals surface area contributed by atoms with E-state index in [9.17, 15) is 0 Å². The standard InChI is InChI=1S/C35H21NO2/c1-2-8-25-21-26(20-15-22(25)7-1)28-11-6-13-31-34(28)38-35(36-31)24-18-16-23(17-19-24)27-10-5-12-30-29-9-3-4-14-32(29)37-33(27)30/h1-21H. The molecule has 0 N–H and O–H groups in total. The third kappa shape index (κ3) is 3.26. The van der Waals surface area contributed by atoms with Crippen molar-refractivity contribution in [1.82, 2.24) is 4.98 Å². The van der Waals surface area contributed by atoms with Gasteiger partial charge in [0.2, 0.25) is 5.89 Å². The maximum absolute atomic E-state index is 6.38. The summed E-state index contributed by atoms with van der Waals surface area (Å²) in [6.07, 6.45) is 0. The van der Waals surface area contributed by atoms with Crippen molar-refractivity contribution in [2.75, 3.05) is 0 Å². The van der Waals surface area contributed by atoms with Crippen LogP contribution in [0.15, 0.2) is 136 Å². The molecule has 3 heteroatoms. The Morgan fingerprint density at radius 2 is 1.13 bits per heavy atom. The monoisotopic (exact) mass is 487 g/mol. The molecule has 0 saturated carbocycles. The number of nitrogens with zero attached hydrogens (tertiary/aromatic N) is 1. The number of furan rings is 1. The zero-order valence-electron chi connectivity index (χ0n) is 20.4. The van der Waals surface area contributed by atoms with Crippen molar-refractivity contribution < 1.29 is 8.83 Å². The van der Waals surface area contributed by atoms with Crippen molar-refractivity contribution in [3.8, 4) is 33.7 Å². The third-order valence-electron chi connectivity index (χ3n) is 7.32. The highest BCUT2D eigenvalue weighted by atomic mass is 16.3. The Morgan fingerprint density at radius 3 is 2.03 bits per heavy atom. The van der Waals surface area contributed by atoms with Gasteiger partial charge in [-0.25, -0.2) is 4.98 Å². The Labute approximate surface area is 218 Å². The van der Waals surface area contributed by atoms with Gasteiger partial charge in [-0.2, -0.15) is 0 Å². The highest BCUT2D eigenvalue weighted by Gasteiger charge is 2.15. The molecular weight excluding hydrogens is 466 g/mol. The van der Waals surface area contributed by atoms with E-state index in [2.05, 4.69) is 97.1 Å². The highest BCUT2D eigenvalue weighted by Crippen LogP contribution is 2.37. The molecule has 2 aromatic heterocycles. The SMILES string of the molecule is c1ccc2cc(-c3cccc4nc(-c5ccc(-c6cccc7c6oc6ccccc67)cc5)oc34)ccc2c1. The molecule has 2 heterocycles. The molecule has 6 aromatic carbocycles. The summed E-state index contributed by atoms with van der Waals surface area (Å²) in [6.45, 7) is 0. The summed E-state index contributed by atoms with van der Waals surface area (Å²) in [5.74, 6) is 0.613. The van der Waals surface area contributed by atoms with Crippen LogP contribution < -0.4 is 0 Å². The van der Waals surface area contributed by atoms with Gasteiger partial charge in [0.15, 0.2) is 5.58 Å². The van der Waals surface area contributed by atoms with Gasteiger partial charge in [0.05, 0.1) is 0 Å². The number of aromatic nitrogens is 1.